The average molecular weight is 919 g/mol. The second kappa shape index (κ2) is 22.9. The lowest BCUT2D eigenvalue weighted by molar-refractivity contribution is -0.147. The Morgan fingerprint density at radius 2 is 1.69 bits per heavy atom. The Morgan fingerprint density at radius 3 is 2.45 bits per heavy atom. The van der Waals surface area contributed by atoms with Gasteiger partial charge < -0.3 is 24.4 Å². The average Bonchev–Trinajstić information content (AvgIpc) is 4.07. The van der Waals surface area contributed by atoms with Crippen molar-refractivity contribution in [1.82, 2.24) is 15.1 Å². The molecule has 0 saturated carbocycles. The number of ketones is 1. The molecule has 3 N–H and O–H groups in total. The predicted octanol–water partition coefficient (Wildman–Crippen LogP) is 6.50. The number of esters is 1. The Labute approximate surface area is 379 Å². The smallest absolute Gasteiger partial charge is 0.334 e. The molecule has 3 fully saturated rings. The van der Waals surface area contributed by atoms with Gasteiger partial charge in [0.2, 0.25) is 11.8 Å². The van der Waals surface area contributed by atoms with Crippen LogP contribution >= 0.6 is 0 Å². The summed E-state index contributed by atoms with van der Waals surface area (Å²) in [7, 11) is -4.50. The number of anilines is 1. The summed E-state index contributed by atoms with van der Waals surface area (Å²) in [5.74, 6) is -2.58. The normalized spacial score (nSPS) is 20.7. The first-order chi connectivity index (χ1) is 30.7. The number of carbonyl (C=O) groups excluding carboxylic acids is 4. The van der Waals surface area contributed by atoms with Gasteiger partial charge in [0, 0.05) is 37.2 Å². The van der Waals surface area contributed by atoms with Gasteiger partial charge in [0.25, 0.3) is 10.1 Å². The molecular formula is C48H62N4O10S2. The number of ether oxygens (including phenoxy) is 1. The van der Waals surface area contributed by atoms with Crippen molar-refractivity contribution in [2.45, 2.75) is 108 Å². The number of allylic oxidation sites excluding steroid dienone is 2. The number of likely N-dealkylation sites (tertiary alicyclic amines) is 2. The van der Waals surface area contributed by atoms with Gasteiger partial charge in [-0.1, -0.05) is 61.2 Å². The van der Waals surface area contributed by atoms with Crippen molar-refractivity contribution in [1.29, 1.82) is 0 Å². The molecule has 0 radical (unpaired) electrons. The van der Waals surface area contributed by atoms with Crippen molar-refractivity contribution in [3.05, 3.63) is 90.5 Å². The molecule has 0 spiro atoms. The first-order valence-electron chi connectivity index (χ1n) is 22.5. The number of rotatable bonds is 22. The number of hydrogen-bond donors (Lipinski definition) is 3. The van der Waals surface area contributed by atoms with Crippen LogP contribution in [-0.2, 0) is 40.4 Å². The highest BCUT2D eigenvalue weighted by molar-refractivity contribution is 7.85. The summed E-state index contributed by atoms with van der Waals surface area (Å²) in [4.78, 5) is 60.9. The molecule has 64 heavy (non-hydrogen) atoms. The van der Waals surface area contributed by atoms with Gasteiger partial charge >= 0.3 is 5.97 Å². The van der Waals surface area contributed by atoms with Crippen LogP contribution in [0.3, 0.4) is 0 Å². The van der Waals surface area contributed by atoms with Crippen molar-refractivity contribution in [2.75, 3.05) is 42.6 Å². The summed E-state index contributed by atoms with van der Waals surface area (Å²) in [5, 5.41) is 5.11. The summed E-state index contributed by atoms with van der Waals surface area (Å²) < 4.78 is 60.4. The van der Waals surface area contributed by atoms with Crippen LogP contribution in [0.25, 0.3) is 16.8 Å². The molecule has 3 heterocycles. The van der Waals surface area contributed by atoms with E-state index in [1.165, 1.54) is 15.7 Å². The molecule has 14 nitrogen and oxygen atoms in total. The lowest BCUT2D eigenvalue weighted by Gasteiger charge is -2.30. The van der Waals surface area contributed by atoms with Crippen molar-refractivity contribution in [3.63, 3.8) is 0 Å². The van der Waals surface area contributed by atoms with E-state index in [9.17, 15) is 40.9 Å². The third-order valence-corrected chi connectivity index (χ3v) is 14.2. The number of nitrogens with zero attached hydrogens (tertiary/aromatic N) is 3. The van der Waals surface area contributed by atoms with Gasteiger partial charge in [0.15, 0.2) is 11.1 Å². The second-order valence-electron chi connectivity index (χ2n) is 17.2. The Hall–Kier alpha value is -4.74. The monoisotopic (exact) mass is 918 g/mol. The van der Waals surface area contributed by atoms with E-state index >= 15 is 0 Å². The van der Waals surface area contributed by atoms with Crippen LogP contribution in [0.1, 0.15) is 88.2 Å². The molecule has 3 aliphatic heterocycles. The largest absolute Gasteiger partial charge is 0.425 e. The number of amides is 2. The van der Waals surface area contributed by atoms with Gasteiger partial charge in [-0.3, -0.25) is 23.8 Å². The number of hydrogen-bond acceptors (Lipinski definition) is 10. The van der Waals surface area contributed by atoms with Crippen LogP contribution in [0.2, 0.25) is 0 Å². The number of benzene rings is 3. The van der Waals surface area contributed by atoms with Crippen molar-refractivity contribution >= 4 is 67.3 Å². The molecule has 3 aromatic rings. The van der Waals surface area contributed by atoms with Crippen LogP contribution in [0.15, 0.2) is 79.4 Å². The maximum atomic E-state index is 14.1. The lowest BCUT2D eigenvalue weighted by atomic mass is 9.90. The SMILES string of the molecule is C=C/C=C\c1cc(OC(=O)[C@@H]2CCCN2C(=O)[C@H](CCS(=O)(=O)O)NC(=O)[C@@H]2CCCN2CCCC(=O)[C@@H](CC[C@@H]2CCCN2c2ccc3ccccc3c2)CCS(=O)O)ccc1C. The first kappa shape index (κ1) is 48.7. The highest BCUT2D eigenvalue weighted by atomic mass is 32.2. The first-order valence-corrected chi connectivity index (χ1v) is 25.4. The predicted molar refractivity (Wildman–Crippen MR) is 250 cm³/mol. The summed E-state index contributed by atoms with van der Waals surface area (Å²) in [6, 6.07) is 17.3. The van der Waals surface area contributed by atoms with E-state index in [0.717, 1.165) is 42.6 Å². The molecule has 6 rings (SSSR count). The Kier molecular flexibility index (Phi) is 17.5. The summed E-state index contributed by atoms with van der Waals surface area (Å²) in [6.45, 7) is 7.74. The third-order valence-electron chi connectivity index (χ3n) is 12.9. The van der Waals surface area contributed by atoms with Crippen molar-refractivity contribution in [2.24, 2.45) is 5.92 Å². The zero-order chi connectivity index (χ0) is 45.8. The fourth-order valence-electron chi connectivity index (χ4n) is 9.47. The Balaban J connectivity index is 1.05. The highest BCUT2D eigenvalue weighted by Crippen LogP contribution is 2.32. The van der Waals surface area contributed by atoms with Crippen LogP contribution in [0.4, 0.5) is 5.69 Å². The van der Waals surface area contributed by atoms with Gasteiger partial charge in [-0.15, -0.1) is 0 Å². The topological polar surface area (TPSA) is 191 Å². The summed E-state index contributed by atoms with van der Waals surface area (Å²) in [6.07, 6.45) is 11.3. The zero-order valence-electron chi connectivity index (χ0n) is 36.6. The molecule has 2 amide bonds. The standard InChI is InChI=1S/C48H62N4O10S2/c1-3-4-11-37-33-41(23-18-34(37)2)62-48(56)44-16-9-29-52(44)47(55)42(25-31-64(59,60)61)49-46(54)43-15-8-26-50(43)27-10-17-45(53)36(24-30-63(57)58)20-21-39-14-7-28-51(39)40-22-19-35-12-5-6-13-38(35)32-40/h3-6,11-13,18-19,22-23,32-33,36,39,42-44H,1,7-10,14-17,20-21,24-31H2,2H3,(H,49,54)(H,57,58)(H,59,60,61)/b11-4-/t36-,39-,42-,43-,44-/m0/s1. The highest BCUT2D eigenvalue weighted by Gasteiger charge is 2.41. The fourth-order valence-corrected chi connectivity index (χ4v) is 10.5. The molecular weight excluding hydrogens is 857 g/mol. The third kappa shape index (κ3) is 13.4. The van der Waals surface area contributed by atoms with Crippen LogP contribution in [0, 0.1) is 12.8 Å². The molecule has 0 aliphatic carbocycles. The molecule has 0 aromatic heterocycles. The maximum Gasteiger partial charge on any atom is 0.334 e. The second-order valence-corrected chi connectivity index (χ2v) is 19.9. The minimum absolute atomic E-state index is 0.0164. The minimum Gasteiger partial charge on any atom is -0.425 e. The lowest BCUT2D eigenvalue weighted by Crippen LogP contribution is -2.55. The van der Waals surface area contributed by atoms with Gasteiger partial charge in [-0.25, -0.2) is 9.00 Å². The van der Waals surface area contributed by atoms with E-state index in [4.69, 9.17) is 4.74 Å². The van der Waals surface area contributed by atoms with Gasteiger partial charge in [0.05, 0.1) is 17.5 Å². The zero-order valence-corrected chi connectivity index (χ0v) is 38.3. The fraction of sp³-hybridized carbons (Fsp3) is 0.500. The van der Waals surface area contributed by atoms with E-state index in [-0.39, 0.29) is 36.5 Å². The number of fused-ring (bicyclic) bond motifs is 1. The molecule has 6 atom stereocenters. The molecule has 3 aromatic carbocycles. The Bertz CT molecular complexity index is 2320. The van der Waals surface area contributed by atoms with Gasteiger partial charge in [0.1, 0.15) is 23.6 Å². The molecule has 3 aliphatic rings. The number of aryl methyl sites for hydroxylation is 1. The molecule has 346 valence electrons. The molecule has 16 heteroatoms. The van der Waals surface area contributed by atoms with Crippen LogP contribution < -0.4 is 15.0 Å². The van der Waals surface area contributed by atoms with Crippen molar-refractivity contribution < 1.29 is 45.6 Å². The molecule has 0 bridgehead atoms. The van der Waals surface area contributed by atoms with E-state index in [1.54, 1.807) is 24.3 Å². The maximum absolute atomic E-state index is 14.1. The van der Waals surface area contributed by atoms with E-state index in [0.29, 0.717) is 63.8 Å². The molecule has 1 unspecified atom stereocenters. The van der Waals surface area contributed by atoms with Crippen LogP contribution in [0.5, 0.6) is 5.75 Å². The van der Waals surface area contributed by atoms with E-state index in [2.05, 4.69) is 47.1 Å². The van der Waals surface area contributed by atoms with E-state index in [1.807, 2.05) is 36.1 Å². The Morgan fingerprint density at radius 1 is 0.938 bits per heavy atom. The summed E-state index contributed by atoms with van der Waals surface area (Å²) >= 11 is -2.03. The van der Waals surface area contributed by atoms with E-state index < -0.39 is 69.3 Å². The molecule has 3 saturated heterocycles. The van der Waals surface area contributed by atoms with Crippen molar-refractivity contribution in [3.8, 4) is 5.75 Å². The quantitative estimate of drug-likeness (QED) is 0.0327. The van der Waals surface area contributed by atoms with Gasteiger partial charge in [-0.2, -0.15) is 8.42 Å². The summed E-state index contributed by atoms with van der Waals surface area (Å²) in [5.41, 5.74) is 2.94. The number of carbonyl (C=O) groups is 4. The number of nitrogens with one attached hydrogen (secondary N) is 1. The number of Topliss-reactive ketones (excluding diaryl/α,β-unsaturated/α-hetero) is 1. The minimum atomic E-state index is -4.50. The van der Waals surface area contributed by atoms with Gasteiger partial charge in [-0.05, 0) is 137 Å². The van der Waals surface area contributed by atoms with Crippen LogP contribution in [-0.4, -0.2) is 117 Å².